The van der Waals surface area contributed by atoms with Crippen LogP contribution in [0.1, 0.15) is 56.8 Å². The van der Waals surface area contributed by atoms with Crippen molar-refractivity contribution in [3.8, 4) is 0 Å². The summed E-state index contributed by atoms with van der Waals surface area (Å²) in [6, 6.07) is 0. The average Bonchev–Trinajstić information content (AvgIpc) is 2.55. The fourth-order valence-electron chi connectivity index (χ4n) is 2.84. The minimum absolute atomic E-state index is 0.0657. The normalized spacial score (nSPS) is 15.9. The van der Waals surface area contributed by atoms with Gasteiger partial charge < -0.3 is 9.80 Å². The first kappa shape index (κ1) is 16.7. The van der Waals surface area contributed by atoms with Gasteiger partial charge in [-0.2, -0.15) is 0 Å². The van der Waals surface area contributed by atoms with Crippen molar-refractivity contribution >= 4 is 11.9 Å². The molecule has 1 aromatic heterocycles. The number of aromatic nitrogens is 2. The van der Waals surface area contributed by atoms with E-state index in [1.807, 2.05) is 4.90 Å². The number of hydrogen-bond acceptors (Lipinski definition) is 4. The summed E-state index contributed by atoms with van der Waals surface area (Å²) in [7, 11) is 0. The molecule has 1 aliphatic heterocycles. The van der Waals surface area contributed by atoms with Crippen LogP contribution in [-0.4, -0.2) is 47.0 Å². The Bertz CT molecular complexity index is 460. The summed E-state index contributed by atoms with van der Waals surface area (Å²) < 4.78 is 0. The maximum Gasteiger partial charge on any atom is 0.256 e. The smallest absolute Gasteiger partial charge is 0.256 e. The van der Waals surface area contributed by atoms with E-state index in [2.05, 4.69) is 35.6 Å². The van der Waals surface area contributed by atoms with E-state index in [-0.39, 0.29) is 5.91 Å². The van der Waals surface area contributed by atoms with Crippen LogP contribution in [0.3, 0.4) is 0 Å². The molecule has 5 nitrogen and oxygen atoms in total. The Morgan fingerprint density at radius 2 is 1.73 bits per heavy atom. The van der Waals surface area contributed by atoms with Crippen molar-refractivity contribution < 1.29 is 4.79 Å². The Hall–Kier alpha value is -1.65. The molecule has 1 aliphatic rings. The van der Waals surface area contributed by atoms with Gasteiger partial charge in [0.2, 0.25) is 5.95 Å². The Kier molecular flexibility index (Phi) is 6.16. The first-order valence-corrected chi connectivity index (χ1v) is 8.52. The van der Waals surface area contributed by atoms with Gasteiger partial charge in [0.1, 0.15) is 0 Å². The first-order chi connectivity index (χ1) is 10.7. The molecule has 0 aromatic carbocycles. The summed E-state index contributed by atoms with van der Waals surface area (Å²) in [5.74, 6) is 1.52. The maximum absolute atomic E-state index is 12.5. The third-order valence-electron chi connectivity index (χ3n) is 4.23. The third kappa shape index (κ3) is 4.18. The zero-order chi connectivity index (χ0) is 15.9. The zero-order valence-corrected chi connectivity index (χ0v) is 14.1. The SMILES string of the molecule is CCCN(CCC)c1ncc(C(=O)N2CCC(C)CC2)cn1. The Balaban J connectivity index is 2.02. The number of nitrogens with zero attached hydrogens (tertiary/aromatic N) is 4. The van der Waals surface area contributed by atoms with E-state index in [1.165, 1.54) is 0 Å². The van der Waals surface area contributed by atoms with Crippen molar-refractivity contribution in [1.29, 1.82) is 0 Å². The van der Waals surface area contributed by atoms with Crippen molar-refractivity contribution in [3.05, 3.63) is 18.0 Å². The number of rotatable bonds is 6. The summed E-state index contributed by atoms with van der Waals surface area (Å²) in [5, 5.41) is 0. The lowest BCUT2D eigenvalue weighted by Gasteiger charge is -2.30. The first-order valence-electron chi connectivity index (χ1n) is 8.52. The van der Waals surface area contributed by atoms with E-state index < -0.39 is 0 Å². The number of piperidine rings is 1. The Morgan fingerprint density at radius 1 is 1.18 bits per heavy atom. The molecule has 2 heterocycles. The molecule has 0 saturated carbocycles. The van der Waals surface area contributed by atoms with E-state index in [0.717, 1.165) is 63.7 Å². The number of carbonyl (C=O) groups is 1. The minimum Gasteiger partial charge on any atom is -0.341 e. The van der Waals surface area contributed by atoms with Crippen LogP contribution in [0.15, 0.2) is 12.4 Å². The maximum atomic E-state index is 12.5. The molecule has 0 unspecified atom stereocenters. The van der Waals surface area contributed by atoms with Gasteiger partial charge in [-0.15, -0.1) is 0 Å². The second kappa shape index (κ2) is 8.11. The summed E-state index contributed by atoms with van der Waals surface area (Å²) in [6.45, 7) is 10.1. The largest absolute Gasteiger partial charge is 0.341 e. The lowest BCUT2D eigenvalue weighted by molar-refractivity contribution is 0.0696. The highest BCUT2D eigenvalue weighted by Gasteiger charge is 2.22. The highest BCUT2D eigenvalue weighted by molar-refractivity contribution is 5.93. The van der Waals surface area contributed by atoms with Crippen molar-refractivity contribution in [3.63, 3.8) is 0 Å². The van der Waals surface area contributed by atoms with Gasteiger partial charge in [-0.05, 0) is 31.6 Å². The predicted octanol–water partition coefficient (Wildman–Crippen LogP) is 2.98. The van der Waals surface area contributed by atoms with Gasteiger partial charge >= 0.3 is 0 Å². The number of carbonyl (C=O) groups excluding carboxylic acids is 1. The van der Waals surface area contributed by atoms with Gasteiger partial charge in [0.25, 0.3) is 5.91 Å². The van der Waals surface area contributed by atoms with Crippen molar-refractivity contribution in [2.24, 2.45) is 5.92 Å². The monoisotopic (exact) mass is 304 g/mol. The molecule has 0 radical (unpaired) electrons. The van der Waals surface area contributed by atoms with Crippen molar-refractivity contribution in [1.82, 2.24) is 14.9 Å². The van der Waals surface area contributed by atoms with Crippen LogP contribution in [-0.2, 0) is 0 Å². The molecule has 1 fully saturated rings. The quantitative estimate of drug-likeness (QED) is 0.810. The van der Waals surface area contributed by atoms with Crippen LogP contribution < -0.4 is 4.90 Å². The molecule has 22 heavy (non-hydrogen) atoms. The average molecular weight is 304 g/mol. The standard InChI is InChI=1S/C17H28N4O/c1-4-8-21(9-5-2)17-18-12-15(13-19-17)16(22)20-10-6-14(3)7-11-20/h12-14H,4-11H2,1-3H3. The Morgan fingerprint density at radius 3 is 2.23 bits per heavy atom. The van der Waals surface area contributed by atoms with Gasteiger partial charge in [-0.1, -0.05) is 20.8 Å². The number of likely N-dealkylation sites (tertiary alicyclic amines) is 1. The lowest BCUT2D eigenvalue weighted by atomic mass is 9.99. The minimum atomic E-state index is 0.0657. The number of hydrogen-bond donors (Lipinski definition) is 0. The molecule has 0 spiro atoms. The van der Waals surface area contributed by atoms with Gasteiger partial charge in [0.05, 0.1) is 5.56 Å². The summed E-state index contributed by atoms with van der Waals surface area (Å²) in [4.78, 5) is 25.4. The van der Waals surface area contributed by atoms with Crippen LogP contribution >= 0.6 is 0 Å². The summed E-state index contributed by atoms with van der Waals surface area (Å²) >= 11 is 0. The molecule has 1 saturated heterocycles. The fourth-order valence-corrected chi connectivity index (χ4v) is 2.84. The highest BCUT2D eigenvalue weighted by atomic mass is 16.2. The van der Waals surface area contributed by atoms with Crippen molar-refractivity contribution in [2.45, 2.75) is 46.5 Å². The highest BCUT2D eigenvalue weighted by Crippen LogP contribution is 2.18. The molecule has 1 amide bonds. The van der Waals surface area contributed by atoms with Gasteiger partial charge in [0.15, 0.2) is 0 Å². The molecular formula is C17H28N4O. The molecule has 0 bridgehead atoms. The van der Waals surface area contributed by atoms with E-state index in [1.54, 1.807) is 12.4 Å². The van der Waals surface area contributed by atoms with E-state index in [0.29, 0.717) is 5.56 Å². The summed E-state index contributed by atoms with van der Waals surface area (Å²) in [5.41, 5.74) is 0.603. The third-order valence-corrected chi connectivity index (χ3v) is 4.23. The molecule has 2 rings (SSSR count). The van der Waals surface area contributed by atoms with E-state index in [4.69, 9.17) is 0 Å². The molecule has 0 N–H and O–H groups in total. The fraction of sp³-hybridized carbons (Fsp3) is 0.706. The molecule has 122 valence electrons. The van der Waals surface area contributed by atoms with Crippen LogP contribution in [0.4, 0.5) is 5.95 Å². The van der Waals surface area contributed by atoms with Gasteiger partial charge in [-0.3, -0.25) is 4.79 Å². The zero-order valence-electron chi connectivity index (χ0n) is 14.1. The molecule has 0 atom stereocenters. The van der Waals surface area contributed by atoms with Crippen LogP contribution in [0, 0.1) is 5.92 Å². The number of amides is 1. The van der Waals surface area contributed by atoms with Gasteiger partial charge in [-0.25, -0.2) is 9.97 Å². The topological polar surface area (TPSA) is 49.3 Å². The summed E-state index contributed by atoms with van der Waals surface area (Å²) in [6.07, 6.45) is 7.67. The number of anilines is 1. The second-order valence-electron chi connectivity index (χ2n) is 6.23. The molecule has 0 aliphatic carbocycles. The van der Waals surface area contributed by atoms with Crippen LogP contribution in [0.25, 0.3) is 0 Å². The van der Waals surface area contributed by atoms with Crippen molar-refractivity contribution in [2.75, 3.05) is 31.1 Å². The van der Waals surface area contributed by atoms with Gasteiger partial charge in [0, 0.05) is 38.6 Å². The Labute approximate surface area is 133 Å². The van der Waals surface area contributed by atoms with E-state index >= 15 is 0 Å². The second-order valence-corrected chi connectivity index (χ2v) is 6.23. The van der Waals surface area contributed by atoms with E-state index in [9.17, 15) is 4.79 Å². The van der Waals surface area contributed by atoms with Crippen LogP contribution in [0.2, 0.25) is 0 Å². The molecule has 1 aromatic rings. The lowest BCUT2D eigenvalue weighted by Crippen LogP contribution is -2.38. The molecular weight excluding hydrogens is 276 g/mol. The predicted molar refractivity (Wildman–Crippen MR) is 89.1 cm³/mol. The van der Waals surface area contributed by atoms with Crippen LogP contribution in [0.5, 0.6) is 0 Å². The molecule has 5 heteroatoms.